The summed E-state index contributed by atoms with van der Waals surface area (Å²) in [6, 6.07) is 0. The summed E-state index contributed by atoms with van der Waals surface area (Å²) in [5.74, 6) is -0.449. The van der Waals surface area contributed by atoms with E-state index in [2.05, 4.69) is 29.5 Å². The van der Waals surface area contributed by atoms with Gasteiger partial charge in [-0.1, -0.05) is 35.9 Å². The maximum atomic E-state index is 5.85. The van der Waals surface area contributed by atoms with E-state index in [0.717, 1.165) is 23.9 Å². The summed E-state index contributed by atoms with van der Waals surface area (Å²) in [5.41, 5.74) is 0. The van der Waals surface area contributed by atoms with Gasteiger partial charge >= 0.3 is 0 Å². The zero-order chi connectivity index (χ0) is 12.0. The second-order valence-electron chi connectivity index (χ2n) is 4.62. The van der Waals surface area contributed by atoms with Crippen LogP contribution in [0.5, 0.6) is 0 Å². The Morgan fingerprint density at radius 1 is 1.25 bits per heavy atom. The lowest BCUT2D eigenvalue weighted by Gasteiger charge is -2.16. The van der Waals surface area contributed by atoms with Crippen LogP contribution in [-0.2, 0) is 14.2 Å². The van der Waals surface area contributed by atoms with Crippen LogP contribution in [0, 0.1) is 0 Å². The molecular weight excluding hydrogens is 319 g/mol. The third-order valence-electron chi connectivity index (χ3n) is 2.60. The van der Waals surface area contributed by atoms with Gasteiger partial charge in [-0.25, -0.2) is 0 Å². The highest BCUT2D eigenvalue weighted by molar-refractivity contribution is 14.1. The SMILES string of the molecule is CCCCOCC1OC(C)(C)O[C@H]1CCI. The Kier molecular flexibility index (Phi) is 6.54. The Morgan fingerprint density at radius 2 is 1.94 bits per heavy atom. The molecule has 1 aliphatic heterocycles. The van der Waals surface area contributed by atoms with Crippen molar-refractivity contribution in [3.05, 3.63) is 0 Å². The average Bonchev–Trinajstić information content (AvgIpc) is 2.49. The van der Waals surface area contributed by atoms with E-state index < -0.39 is 5.79 Å². The van der Waals surface area contributed by atoms with Gasteiger partial charge in [0.05, 0.1) is 12.7 Å². The van der Waals surface area contributed by atoms with Gasteiger partial charge in [0.25, 0.3) is 0 Å². The molecule has 1 heterocycles. The van der Waals surface area contributed by atoms with E-state index in [1.807, 2.05) is 13.8 Å². The Balaban J connectivity index is 2.31. The van der Waals surface area contributed by atoms with E-state index in [0.29, 0.717) is 6.61 Å². The molecule has 0 spiro atoms. The maximum absolute atomic E-state index is 5.85. The number of halogens is 1. The van der Waals surface area contributed by atoms with Gasteiger partial charge < -0.3 is 14.2 Å². The molecule has 0 N–H and O–H groups in total. The lowest BCUT2D eigenvalue weighted by atomic mass is 10.2. The van der Waals surface area contributed by atoms with E-state index in [-0.39, 0.29) is 12.2 Å². The number of rotatable bonds is 7. The Labute approximate surface area is 112 Å². The molecule has 0 saturated carbocycles. The fourth-order valence-electron chi connectivity index (χ4n) is 1.85. The molecule has 1 aliphatic rings. The van der Waals surface area contributed by atoms with Gasteiger partial charge in [0.2, 0.25) is 0 Å². The predicted octanol–water partition coefficient (Wildman–Crippen LogP) is 3.15. The van der Waals surface area contributed by atoms with Crippen LogP contribution in [0.4, 0.5) is 0 Å². The normalized spacial score (nSPS) is 28.5. The molecule has 0 bridgehead atoms. The third kappa shape index (κ3) is 4.85. The van der Waals surface area contributed by atoms with E-state index in [1.165, 1.54) is 6.42 Å². The van der Waals surface area contributed by atoms with E-state index in [9.17, 15) is 0 Å². The lowest BCUT2D eigenvalue weighted by molar-refractivity contribution is -0.150. The van der Waals surface area contributed by atoms with Gasteiger partial charge in [0, 0.05) is 11.0 Å². The molecule has 96 valence electrons. The monoisotopic (exact) mass is 342 g/mol. The molecule has 3 nitrogen and oxygen atoms in total. The first kappa shape index (κ1) is 14.7. The summed E-state index contributed by atoms with van der Waals surface area (Å²) in [5, 5.41) is 0. The molecule has 2 atom stereocenters. The van der Waals surface area contributed by atoms with Crippen LogP contribution in [0.15, 0.2) is 0 Å². The molecule has 4 heteroatoms. The summed E-state index contributed by atoms with van der Waals surface area (Å²) in [7, 11) is 0. The standard InChI is InChI=1S/C12H23IO3/c1-4-5-8-14-9-11-10(6-7-13)15-12(2,3)16-11/h10-11H,4-9H2,1-3H3/t10-,11?/m0/s1. The van der Waals surface area contributed by atoms with Crippen LogP contribution >= 0.6 is 22.6 Å². The maximum Gasteiger partial charge on any atom is 0.163 e. The first-order valence-corrected chi connectivity index (χ1v) is 7.61. The fraction of sp³-hybridized carbons (Fsp3) is 1.00. The largest absolute Gasteiger partial charge is 0.379 e. The minimum atomic E-state index is -0.449. The van der Waals surface area contributed by atoms with Gasteiger partial charge in [0.1, 0.15) is 6.10 Å². The first-order chi connectivity index (χ1) is 7.59. The molecule has 1 rings (SSSR count). The summed E-state index contributed by atoms with van der Waals surface area (Å²) < 4.78 is 18.4. The number of hydrogen-bond acceptors (Lipinski definition) is 3. The Morgan fingerprint density at radius 3 is 2.56 bits per heavy atom. The van der Waals surface area contributed by atoms with Crippen molar-refractivity contribution in [3.8, 4) is 0 Å². The second-order valence-corrected chi connectivity index (χ2v) is 5.70. The molecule has 0 radical (unpaired) electrons. The number of ether oxygens (including phenoxy) is 3. The Bertz CT molecular complexity index is 197. The summed E-state index contributed by atoms with van der Waals surface area (Å²) in [6.45, 7) is 7.59. The van der Waals surface area contributed by atoms with E-state index in [1.54, 1.807) is 0 Å². The van der Waals surface area contributed by atoms with Crippen LogP contribution in [0.3, 0.4) is 0 Å². The van der Waals surface area contributed by atoms with Crippen LogP contribution in [0.25, 0.3) is 0 Å². The van der Waals surface area contributed by atoms with Crippen LogP contribution < -0.4 is 0 Å². The Hall–Kier alpha value is 0.610. The van der Waals surface area contributed by atoms with Gasteiger partial charge in [-0.05, 0) is 26.7 Å². The van der Waals surface area contributed by atoms with Crippen molar-refractivity contribution in [3.63, 3.8) is 0 Å². The zero-order valence-corrected chi connectivity index (χ0v) is 12.7. The quantitative estimate of drug-likeness (QED) is 0.404. The molecule has 0 amide bonds. The molecule has 16 heavy (non-hydrogen) atoms. The van der Waals surface area contributed by atoms with E-state index in [4.69, 9.17) is 14.2 Å². The van der Waals surface area contributed by atoms with Crippen molar-refractivity contribution in [1.82, 2.24) is 0 Å². The smallest absolute Gasteiger partial charge is 0.163 e. The van der Waals surface area contributed by atoms with Crippen molar-refractivity contribution < 1.29 is 14.2 Å². The van der Waals surface area contributed by atoms with Gasteiger partial charge in [-0.2, -0.15) is 0 Å². The summed E-state index contributed by atoms with van der Waals surface area (Å²) >= 11 is 2.37. The molecule has 0 aromatic rings. The number of hydrogen-bond donors (Lipinski definition) is 0. The van der Waals surface area contributed by atoms with Crippen molar-refractivity contribution in [2.45, 2.75) is 58.0 Å². The average molecular weight is 342 g/mol. The third-order valence-corrected chi connectivity index (χ3v) is 3.23. The molecule has 1 saturated heterocycles. The van der Waals surface area contributed by atoms with Crippen LogP contribution in [0.1, 0.15) is 40.0 Å². The summed E-state index contributed by atoms with van der Waals surface area (Å²) in [4.78, 5) is 0. The number of alkyl halides is 1. The van der Waals surface area contributed by atoms with E-state index >= 15 is 0 Å². The molecular formula is C12H23IO3. The van der Waals surface area contributed by atoms with Gasteiger partial charge in [-0.3, -0.25) is 0 Å². The highest BCUT2D eigenvalue weighted by Crippen LogP contribution is 2.30. The predicted molar refractivity (Wildman–Crippen MR) is 73.1 cm³/mol. The van der Waals surface area contributed by atoms with Crippen LogP contribution in [0.2, 0.25) is 0 Å². The minimum absolute atomic E-state index is 0.0987. The molecule has 0 aliphatic carbocycles. The van der Waals surface area contributed by atoms with Crippen molar-refractivity contribution in [2.24, 2.45) is 0 Å². The zero-order valence-electron chi connectivity index (χ0n) is 10.5. The van der Waals surface area contributed by atoms with Gasteiger partial charge in [-0.15, -0.1) is 0 Å². The fourth-order valence-corrected chi connectivity index (χ4v) is 2.46. The summed E-state index contributed by atoms with van der Waals surface area (Å²) in [6.07, 6.45) is 3.61. The highest BCUT2D eigenvalue weighted by Gasteiger charge is 2.40. The lowest BCUT2D eigenvalue weighted by Crippen LogP contribution is -2.28. The topological polar surface area (TPSA) is 27.7 Å². The van der Waals surface area contributed by atoms with Crippen LogP contribution in [-0.4, -0.2) is 35.6 Å². The minimum Gasteiger partial charge on any atom is -0.379 e. The van der Waals surface area contributed by atoms with Crippen molar-refractivity contribution in [1.29, 1.82) is 0 Å². The van der Waals surface area contributed by atoms with Crippen molar-refractivity contribution in [2.75, 3.05) is 17.6 Å². The second kappa shape index (κ2) is 7.13. The molecule has 1 unspecified atom stereocenters. The van der Waals surface area contributed by atoms with Gasteiger partial charge in [0.15, 0.2) is 5.79 Å². The number of unbranched alkanes of at least 4 members (excludes halogenated alkanes) is 1. The van der Waals surface area contributed by atoms with Crippen molar-refractivity contribution >= 4 is 22.6 Å². The first-order valence-electron chi connectivity index (χ1n) is 6.08. The molecule has 0 aromatic heterocycles. The highest BCUT2D eigenvalue weighted by atomic mass is 127. The molecule has 0 aromatic carbocycles. The molecule has 1 fully saturated rings.